The normalized spacial score (nSPS) is 12.0. The molecule has 0 aromatic heterocycles. The second-order valence-corrected chi connectivity index (χ2v) is 11.1. The van der Waals surface area contributed by atoms with Gasteiger partial charge in [-0.1, -0.05) is 96.8 Å². The molecule has 2 N–H and O–H groups in total. The van der Waals surface area contributed by atoms with E-state index in [1.165, 1.54) is 75.5 Å². The minimum atomic E-state index is -5.20. The van der Waals surface area contributed by atoms with Crippen molar-refractivity contribution in [3.63, 3.8) is 0 Å². The third-order valence-electron chi connectivity index (χ3n) is 6.32. The van der Waals surface area contributed by atoms with Crippen molar-refractivity contribution >= 4 is 28.0 Å². The van der Waals surface area contributed by atoms with Crippen molar-refractivity contribution < 1.29 is 71.9 Å². The van der Waals surface area contributed by atoms with Crippen LogP contribution in [0.3, 0.4) is 0 Å². The molecule has 0 radical (unpaired) electrons. The Bertz CT molecular complexity index is 734. The summed E-state index contributed by atoms with van der Waals surface area (Å²) in [6.07, 6.45) is 17.6. The molecule has 0 heterocycles. The predicted molar refractivity (Wildman–Crippen MR) is 140 cm³/mol. The van der Waals surface area contributed by atoms with Crippen LogP contribution in [0.25, 0.3) is 0 Å². The molecule has 0 aliphatic carbocycles. The van der Waals surface area contributed by atoms with Crippen molar-refractivity contribution in [2.24, 2.45) is 0 Å². The molecule has 1 amide bonds. The SMILES string of the molecule is CCCCCCCCCCCCCCCCCC(=O)N(CCO)CCOC(=O)CC(C(=O)O)S(=O)(=O)[O-].[Na+]. The zero-order valence-corrected chi connectivity index (χ0v) is 26.4. The molecular weight excluding hydrogens is 525 g/mol. The van der Waals surface area contributed by atoms with E-state index >= 15 is 0 Å². The monoisotopic (exact) mass is 573 g/mol. The van der Waals surface area contributed by atoms with Crippen LogP contribution in [-0.2, 0) is 29.2 Å². The van der Waals surface area contributed by atoms with Crippen molar-refractivity contribution in [2.75, 3.05) is 26.3 Å². The second kappa shape index (κ2) is 25.3. The molecule has 0 aliphatic heterocycles. The largest absolute Gasteiger partial charge is 1.00 e. The fourth-order valence-electron chi connectivity index (χ4n) is 4.08. The van der Waals surface area contributed by atoms with E-state index in [1.54, 1.807) is 0 Å². The Balaban J connectivity index is 0. The summed E-state index contributed by atoms with van der Waals surface area (Å²) >= 11 is 0. The molecule has 0 aromatic rings. The number of ether oxygens (including phenoxy) is 1. The number of amides is 1. The Kier molecular flexibility index (Phi) is 26.2. The quantitative estimate of drug-likeness (QED) is 0.0702. The van der Waals surface area contributed by atoms with Crippen LogP contribution in [0, 0.1) is 0 Å². The number of esters is 1. The third-order valence-corrected chi connectivity index (χ3v) is 7.38. The zero-order chi connectivity index (χ0) is 27.9. The standard InChI is InChI=1S/C26H49NO9S.Na/c1-2-3-4-5-6-7-8-9-10-11-12-13-14-15-16-17-24(29)27(18-20-28)19-21-36-25(30)22-23(26(31)32)37(33,34)35;/h23,28H,2-22H2,1H3,(H,31,32)(H,33,34,35);/q;+1/p-1. The van der Waals surface area contributed by atoms with Crippen LogP contribution in [0.4, 0.5) is 0 Å². The van der Waals surface area contributed by atoms with Crippen molar-refractivity contribution in [2.45, 2.75) is 121 Å². The number of carbonyl (C=O) groups excluding carboxylic acids is 2. The van der Waals surface area contributed by atoms with Crippen molar-refractivity contribution in [3.05, 3.63) is 0 Å². The van der Waals surface area contributed by atoms with Gasteiger partial charge in [0.05, 0.1) is 19.6 Å². The number of aliphatic hydroxyl groups is 1. The van der Waals surface area contributed by atoms with Crippen LogP contribution in [0.15, 0.2) is 0 Å². The van der Waals surface area contributed by atoms with Gasteiger partial charge in [-0.05, 0) is 6.42 Å². The number of carboxylic acid groups (broad SMARTS) is 1. The van der Waals surface area contributed by atoms with Crippen LogP contribution < -0.4 is 29.6 Å². The molecule has 218 valence electrons. The molecular formula is C26H48NNaO9S. The van der Waals surface area contributed by atoms with Crippen molar-refractivity contribution in [1.29, 1.82) is 0 Å². The third kappa shape index (κ3) is 22.1. The Morgan fingerprint density at radius 1 is 0.816 bits per heavy atom. The van der Waals surface area contributed by atoms with Gasteiger partial charge < -0.3 is 24.4 Å². The maximum atomic E-state index is 12.4. The molecule has 10 nitrogen and oxygen atoms in total. The number of aliphatic carboxylic acids is 1. The molecule has 0 fully saturated rings. The summed E-state index contributed by atoms with van der Waals surface area (Å²) in [4.78, 5) is 36.3. The average Bonchev–Trinajstić information content (AvgIpc) is 2.83. The molecule has 0 saturated carbocycles. The van der Waals surface area contributed by atoms with Gasteiger partial charge in [-0.25, -0.2) is 8.42 Å². The Morgan fingerprint density at radius 2 is 1.26 bits per heavy atom. The summed E-state index contributed by atoms with van der Waals surface area (Å²) in [5, 5.41) is 15.6. The van der Waals surface area contributed by atoms with Crippen molar-refractivity contribution in [1.82, 2.24) is 4.90 Å². The maximum Gasteiger partial charge on any atom is 1.00 e. The van der Waals surface area contributed by atoms with Gasteiger partial charge in [-0.3, -0.25) is 14.4 Å². The topological polar surface area (TPSA) is 161 Å². The second-order valence-electron chi connectivity index (χ2n) is 9.55. The van der Waals surface area contributed by atoms with E-state index in [-0.39, 0.29) is 61.8 Å². The van der Waals surface area contributed by atoms with Gasteiger partial charge in [0, 0.05) is 13.0 Å². The molecule has 1 unspecified atom stereocenters. The number of aliphatic hydroxyl groups excluding tert-OH is 1. The van der Waals surface area contributed by atoms with E-state index in [0.717, 1.165) is 25.7 Å². The summed E-state index contributed by atoms with van der Waals surface area (Å²) in [5.74, 6) is -3.27. The fraction of sp³-hybridized carbons (Fsp3) is 0.885. The van der Waals surface area contributed by atoms with Gasteiger partial charge in [0.25, 0.3) is 0 Å². The fourth-order valence-corrected chi connectivity index (χ4v) is 4.67. The molecule has 0 bridgehead atoms. The smallest absolute Gasteiger partial charge is 0.747 e. The van der Waals surface area contributed by atoms with Gasteiger partial charge in [-0.15, -0.1) is 0 Å². The van der Waals surface area contributed by atoms with E-state index in [2.05, 4.69) is 6.92 Å². The summed E-state index contributed by atoms with van der Waals surface area (Å²) in [6.45, 7) is 1.71. The van der Waals surface area contributed by atoms with Gasteiger partial charge in [0.15, 0.2) is 5.25 Å². The van der Waals surface area contributed by atoms with E-state index < -0.39 is 33.7 Å². The van der Waals surface area contributed by atoms with E-state index in [1.807, 2.05) is 0 Å². The molecule has 0 aliphatic rings. The molecule has 12 heteroatoms. The molecule has 1 atom stereocenters. The molecule has 38 heavy (non-hydrogen) atoms. The van der Waals surface area contributed by atoms with Gasteiger partial charge in [0.2, 0.25) is 5.91 Å². The van der Waals surface area contributed by atoms with Crippen molar-refractivity contribution in [3.8, 4) is 0 Å². The minimum absolute atomic E-state index is 0. The Morgan fingerprint density at radius 3 is 1.66 bits per heavy atom. The van der Waals surface area contributed by atoms with Crippen LogP contribution in [0.2, 0.25) is 0 Å². The Hall–Kier alpha value is -0.720. The summed E-state index contributed by atoms with van der Waals surface area (Å²) in [5.41, 5.74) is 0. The molecule has 0 saturated heterocycles. The van der Waals surface area contributed by atoms with Gasteiger partial charge in [-0.2, -0.15) is 0 Å². The van der Waals surface area contributed by atoms with E-state index in [4.69, 9.17) is 9.84 Å². The van der Waals surface area contributed by atoms with E-state index in [0.29, 0.717) is 6.42 Å². The molecule has 0 rings (SSSR count). The first kappa shape index (κ1) is 39.4. The maximum absolute atomic E-state index is 12.4. The first-order valence-corrected chi connectivity index (χ1v) is 15.3. The summed E-state index contributed by atoms with van der Waals surface area (Å²) in [6, 6.07) is 0. The first-order chi connectivity index (χ1) is 17.6. The van der Waals surface area contributed by atoms with Crippen LogP contribution in [0.1, 0.15) is 116 Å². The van der Waals surface area contributed by atoms with Gasteiger partial charge in [0.1, 0.15) is 16.7 Å². The summed E-state index contributed by atoms with van der Waals surface area (Å²) < 4.78 is 37.6. The van der Waals surface area contributed by atoms with E-state index in [9.17, 15) is 32.5 Å². The van der Waals surface area contributed by atoms with Crippen LogP contribution >= 0.6 is 0 Å². The zero-order valence-electron chi connectivity index (χ0n) is 23.5. The number of hydrogen-bond donors (Lipinski definition) is 2. The average molecular weight is 574 g/mol. The van der Waals surface area contributed by atoms with Gasteiger partial charge >= 0.3 is 41.5 Å². The van der Waals surface area contributed by atoms with Crippen LogP contribution in [-0.4, -0.2) is 77.5 Å². The first-order valence-electron chi connectivity index (χ1n) is 13.8. The number of unbranched alkanes of at least 4 members (excludes halogenated alkanes) is 14. The summed E-state index contributed by atoms with van der Waals surface area (Å²) in [7, 11) is -5.20. The minimum Gasteiger partial charge on any atom is -0.747 e. The van der Waals surface area contributed by atoms with Crippen LogP contribution in [0.5, 0.6) is 0 Å². The molecule has 0 spiro atoms. The number of carboxylic acids is 1. The predicted octanol–water partition coefficient (Wildman–Crippen LogP) is 1.00. The number of hydrogen-bond acceptors (Lipinski definition) is 8. The number of rotatable bonds is 25. The Labute approximate surface area is 251 Å². The molecule has 0 aromatic carbocycles. The number of carbonyl (C=O) groups is 3. The number of nitrogens with zero attached hydrogens (tertiary/aromatic N) is 1.